The number of anilines is 1. The molecule has 0 fully saturated rings. The summed E-state index contributed by atoms with van der Waals surface area (Å²) in [7, 11) is -4.19. The van der Waals surface area contributed by atoms with Gasteiger partial charge in [-0.3, -0.25) is 13.9 Å². The maximum Gasteiger partial charge on any atom is 0.264 e. The van der Waals surface area contributed by atoms with E-state index in [1.165, 1.54) is 17.0 Å². The molecule has 4 aromatic rings. The first-order chi connectivity index (χ1) is 21.5. The van der Waals surface area contributed by atoms with Gasteiger partial charge in [0.25, 0.3) is 10.0 Å². The Kier molecular flexibility index (Phi) is 11.8. The summed E-state index contributed by atoms with van der Waals surface area (Å²) in [6.07, 6.45) is 0.225. The van der Waals surface area contributed by atoms with Crippen molar-refractivity contribution in [3.05, 3.63) is 129 Å². The average molecular weight is 711 g/mol. The number of aryl methyl sites for hydroxylation is 1. The van der Waals surface area contributed by atoms with Crippen molar-refractivity contribution in [2.24, 2.45) is 5.92 Å². The highest BCUT2D eigenvalue weighted by molar-refractivity contribution is 9.10. The fourth-order valence-electron chi connectivity index (χ4n) is 4.78. The summed E-state index contributed by atoms with van der Waals surface area (Å²) in [5.74, 6) is -0.694. The lowest BCUT2D eigenvalue weighted by molar-refractivity contribution is -0.140. The van der Waals surface area contributed by atoms with Crippen LogP contribution in [0.4, 0.5) is 5.69 Å². The molecular weight excluding hydrogens is 674 g/mol. The molecule has 0 heterocycles. The Morgan fingerprint density at radius 2 is 1.56 bits per heavy atom. The number of carbonyl (C=O) groups is 2. The van der Waals surface area contributed by atoms with Gasteiger partial charge in [0.15, 0.2) is 0 Å². The Bertz CT molecular complexity index is 1720. The largest absolute Gasteiger partial charge is 0.354 e. The highest BCUT2D eigenvalue weighted by Gasteiger charge is 2.35. The average Bonchev–Trinajstić information content (AvgIpc) is 3.01. The van der Waals surface area contributed by atoms with E-state index in [-0.39, 0.29) is 29.7 Å². The monoisotopic (exact) mass is 709 g/mol. The van der Waals surface area contributed by atoms with Gasteiger partial charge in [0.1, 0.15) is 12.6 Å². The molecule has 7 nitrogen and oxygen atoms in total. The van der Waals surface area contributed by atoms with Gasteiger partial charge in [-0.1, -0.05) is 114 Å². The summed E-state index contributed by atoms with van der Waals surface area (Å²) in [4.78, 5) is 29.9. The van der Waals surface area contributed by atoms with Crippen LogP contribution in [-0.2, 0) is 32.6 Å². The van der Waals surface area contributed by atoms with Gasteiger partial charge in [-0.05, 0) is 60.4 Å². The predicted octanol–water partition coefficient (Wildman–Crippen LogP) is 7.02. The van der Waals surface area contributed by atoms with Gasteiger partial charge in [-0.15, -0.1) is 0 Å². The van der Waals surface area contributed by atoms with Crippen molar-refractivity contribution >= 4 is 55.1 Å². The molecule has 1 atom stereocenters. The molecule has 4 aromatic carbocycles. The van der Waals surface area contributed by atoms with Crippen molar-refractivity contribution in [1.29, 1.82) is 0 Å². The fourth-order valence-corrected chi connectivity index (χ4v) is 6.77. The third kappa shape index (κ3) is 9.19. The van der Waals surface area contributed by atoms with Crippen LogP contribution >= 0.6 is 27.5 Å². The normalized spacial score (nSPS) is 12.0. The third-order valence-electron chi connectivity index (χ3n) is 7.24. The van der Waals surface area contributed by atoms with E-state index in [9.17, 15) is 18.0 Å². The maximum absolute atomic E-state index is 14.5. The van der Waals surface area contributed by atoms with Crippen molar-refractivity contribution < 1.29 is 18.0 Å². The van der Waals surface area contributed by atoms with Crippen LogP contribution in [0, 0.1) is 12.8 Å². The summed E-state index contributed by atoms with van der Waals surface area (Å²) in [5.41, 5.74) is 2.70. The minimum Gasteiger partial charge on any atom is -0.354 e. The Hall–Kier alpha value is -3.66. The van der Waals surface area contributed by atoms with Crippen LogP contribution in [0.25, 0.3) is 0 Å². The van der Waals surface area contributed by atoms with Crippen LogP contribution in [-0.4, -0.2) is 44.3 Å². The second-order valence-electron chi connectivity index (χ2n) is 11.3. The first-order valence-electron chi connectivity index (χ1n) is 14.6. The van der Waals surface area contributed by atoms with Gasteiger partial charge in [0.2, 0.25) is 11.8 Å². The van der Waals surface area contributed by atoms with E-state index in [1.807, 2.05) is 57.2 Å². The van der Waals surface area contributed by atoms with E-state index in [0.717, 1.165) is 15.4 Å². The molecule has 0 bridgehead atoms. The van der Waals surface area contributed by atoms with Crippen LogP contribution in [0.15, 0.2) is 112 Å². The summed E-state index contributed by atoms with van der Waals surface area (Å²) in [6, 6.07) is 28.9. The van der Waals surface area contributed by atoms with Gasteiger partial charge < -0.3 is 10.2 Å². The number of rotatable bonds is 13. The molecule has 4 rings (SSSR count). The van der Waals surface area contributed by atoms with Gasteiger partial charge in [-0.25, -0.2) is 8.42 Å². The first-order valence-corrected chi connectivity index (χ1v) is 17.3. The molecule has 0 unspecified atom stereocenters. The zero-order chi connectivity index (χ0) is 32.6. The Balaban J connectivity index is 1.81. The number of hydrogen-bond acceptors (Lipinski definition) is 4. The third-order valence-corrected chi connectivity index (χ3v) is 9.89. The number of halogens is 2. The van der Waals surface area contributed by atoms with Crippen LogP contribution in [0.2, 0.25) is 5.02 Å². The fraction of sp³-hybridized carbons (Fsp3) is 0.257. The van der Waals surface area contributed by atoms with E-state index in [0.29, 0.717) is 27.3 Å². The highest BCUT2D eigenvalue weighted by Crippen LogP contribution is 2.28. The molecule has 0 aliphatic heterocycles. The highest BCUT2D eigenvalue weighted by atomic mass is 79.9. The van der Waals surface area contributed by atoms with Gasteiger partial charge in [0.05, 0.1) is 10.6 Å². The van der Waals surface area contributed by atoms with Crippen LogP contribution in [0.3, 0.4) is 0 Å². The topological polar surface area (TPSA) is 86.8 Å². The van der Waals surface area contributed by atoms with Crippen LogP contribution < -0.4 is 9.62 Å². The van der Waals surface area contributed by atoms with Gasteiger partial charge >= 0.3 is 0 Å². The maximum atomic E-state index is 14.5. The van der Waals surface area contributed by atoms with Crippen molar-refractivity contribution in [2.75, 3.05) is 17.4 Å². The second kappa shape index (κ2) is 15.6. The summed E-state index contributed by atoms with van der Waals surface area (Å²) in [6.45, 7) is 5.73. The molecule has 0 saturated carbocycles. The number of sulfonamides is 1. The van der Waals surface area contributed by atoms with Crippen molar-refractivity contribution in [3.8, 4) is 0 Å². The quantitative estimate of drug-likeness (QED) is 0.162. The zero-order valence-electron chi connectivity index (χ0n) is 25.5. The number of nitrogens with zero attached hydrogens (tertiary/aromatic N) is 2. The summed E-state index contributed by atoms with van der Waals surface area (Å²) in [5, 5.41) is 3.43. The molecule has 45 heavy (non-hydrogen) atoms. The lowest BCUT2D eigenvalue weighted by Crippen LogP contribution is -2.53. The minimum absolute atomic E-state index is 0.00199. The molecule has 236 valence electrons. The molecule has 0 saturated heterocycles. The lowest BCUT2D eigenvalue weighted by atomic mass is 10.0. The molecule has 0 aliphatic rings. The lowest BCUT2D eigenvalue weighted by Gasteiger charge is -2.34. The van der Waals surface area contributed by atoms with E-state index in [1.54, 1.807) is 54.6 Å². The number of hydrogen-bond donors (Lipinski definition) is 1. The van der Waals surface area contributed by atoms with E-state index >= 15 is 0 Å². The van der Waals surface area contributed by atoms with Crippen molar-refractivity contribution in [2.45, 2.75) is 44.7 Å². The standard InChI is InChI=1S/C35H37BrClN3O4S/c1-25(2)22-38-35(42)33(20-27-10-5-4-6-11-27)39(23-28-12-7-8-15-32(28)37)34(41)24-40(30-14-9-13-29(36)21-30)45(43,44)31-18-16-26(3)17-19-31/h4-19,21,25,33H,20,22-24H2,1-3H3,(H,38,42)/t33-/m1/s1. The molecule has 0 aromatic heterocycles. The van der Waals surface area contributed by atoms with Crippen LogP contribution in [0.1, 0.15) is 30.5 Å². The Morgan fingerprint density at radius 3 is 2.20 bits per heavy atom. The number of nitrogens with one attached hydrogen (secondary N) is 1. The van der Waals surface area contributed by atoms with E-state index in [2.05, 4.69) is 21.2 Å². The molecule has 0 aliphatic carbocycles. The molecule has 10 heteroatoms. The Labute approximate surface area is 279 Å². The van der Waals surface area contributed by atoms with Crippen LogP contribution in [0.5, 0.6) is 0 Å². The number of benzene rings is 4. The SMILES string of the molecule is Cc1ccc(S(=O)(=O)N(CC(=O)N(Cc2ccccc2Cl)[C@H](Cc2ccccc2)C(=O)NCC(C)C)c2cccc(Br)c2)cc1. The van der Waals surface area contributed by atoms with Crippen molar-refractivity contribution in [1.82, 2.24) is 10.2 Å². The molecular formula is C35H37BrClN3O4S. The number of carbonyl (C=O) groups excluding carboxylic acids is 2. The van der Waals surface area contributed by atoms with Crippen molar-refractivity contribution in [3.63, 3.8) is 0 Å². The molecule has 0 spiro atoms. The van der Waals surface area contributed by atoms with Gasteiger partial charge in [0, 0.05) is 29.0 Å². The summed E-state index contributed by atoms with van der Waals surface area (Å²) < 4.78 is 30.0. The number of amides is 2. The van der Waals surface area contributed by atoms with Gasteiger partial charge in [-0.2, -0.15) is 0 Å². The predicted molar refractivity (Wildman–Crippen MR) is 184 cm³/mol. The Morgan fingerprint density at radius 1 is 0.889 bits per heavy atom. The molecule has 2 amide bonds. The summed E-state index contributed by atoms with van der Waals surface area (Å²) >= 11 is 9.99. The zero-order valence-corrected chi connectivity index (χ0v) is 28.6. The van der Waals surface area contributed by atoms with E-state index < -0.39 is 28.5 Å². The van der Waals surface area contributed by atoms with E-state index in [4.69, 9.17) is 11.6 Å². The molecule has 1 N–H and O–H groups in total. The second-order valence-corrected chi connectivity index (χ2v) is 14.4. The smallest absolute Gasteiger partial charge is 0.264 e. The minimum atomic E-state index is -4.19. The first kappa shape index (κ1) is 34.2. The molecule has 0 radical (unpaired) electrons.